The van der Waals surface area contributed by atoms with Gasteiger partial charge in [0.25, 0.3) is 5.91 Å². The van der Waals surface area contributed by atoms with Crippen molar-refractivity contribution in [1.82, 2.24) is 0 Å². The molecule has 0 saturated heterocycles. The Balaban J connectivity index is 2.68. The van der Waals surface area contributed by atoms with E-state index < -0.39 is 11.9 Å². The fourth-order valence-electron chi connectivity index (χ4n) is 0.303. The highest BCUT2D eigenvalue weighted by atomic mass is 16.7. The summed E-state index contributed by atoms with van der Waals surface area (Å²) in [6.45, 7) is 0. The summed E-state index contributed by atoms with van der Waals surface area (Å²) in [5.74, 6) is -1.20. The lowest BCUT2D eigenvalue weighted by Crippen LogP contribution is -2.10. The smallest absolute Gasteiger partial charge is 0.299 e. The van der Waals surface area contributed by atoms with E-state index in [2.05, 4.69) is 15.2 Å². The van der Waals surface area contributed by atoms with Gasteiger partial charge >= 0.3 is 5.97 Å². The lowest BCUT2D eigenvalue weighted by Gasteiger charge is -1.95. The normalized spacial score (nSPS) is 18.5. The molecule has 0 fully saturated rings. The van der Waals surface area contributed by atoms with Gasteiger partial charge in [-0.3, -0.25) is 9.63 Å². The average molecular weight is 114 g/mol. The number of rotatable bonds is 0. The fourth-order valence-corrected chi connectivity index (χ4v) is 0.303. The number of hydrogen-bond acceptors (Lipinski definition) is 4. The van der Waals surface area contributed by atoms with E-state index in [1.807, 2.05) is 0 Å². The molecule has 0 aromatic heterocycles. The Morgan fingerprint density at radius 2 is 2.25 bits per heavy atom. The van der Waals surface area contributed by atoms with E-state index in [-0.39, 0.29) is 6.42 Å². The molecule has 0 atom stereocenters. The Kier molecular flexibility index (Phi) is 1.03. The van der Waals surface area contributed by atoms with Gasteiger partial charge in [-0.15, -0.1) is 0 Å². The molecule has 0 aliphatic carbocycles. The van der Waals surface area contributed by atoms with Gasteiger partial charge in [0, 0.05) is 5.28 Å². The van der Waals surface area contributed by atoms with Gasteiger partial charge in [-0.2, -0.15) is 0 Å². The van der Waals surface area contributed by atoms with Crippen molar-refractivity contribution in [3.05, 3.63) is 0 Å². The van der Waals surface area contributed by atoms with Crippen molar-refractivity contribution in [1.29, 1.82) is 0 Å². The molecule has 1 aliphatic heterocycles. The zero-order valence-electron chi connectivity index (χ0n) is 3.83. The molecule has 0 bridgehead atoms. The summed E-state index contributed by atoms with van der Waals surface area (Å²) in [4.78, 5) is 24.1. The second-order valence-corrected chi connectivity index (χ2v) is 1.22. The van der Waals surface area contributed by atoms with Crippen LogP contribution in [0.3, 0.4) is 0 Å². The summed E-state index contributed by atoms with van der Waals surface area (Å²) < 4.78 is 0. The first-order chi connectivity index (χ1) is 3.79. The predicted octanol–water partition coefficient (Wildman–Crippen LogP) is -0.173. The molecule has 0 unspecified atom stereocenters. The number of nitrogens with zero attached hydrogens (tertiary/aromatic N) is 2. The molecule has 0 radical (unpaired) electrons. The summed E-state index contributed by atoms with van der Waals surface area (Å²) in [6, 6.07) is 0. The maximum absolute atomic E-state index is 10.1. The van der Waals surface area contributed by atoms with Crippen LogP contribution in [0.2, 0.25) is 0 Å². The molecule has 8 heavy (non-hydrogen) atoms. The fraction of sp³-hybridized carbons (Fsp3) is 0.333. The SMILES string of the molecule is O=C1CC(=O)ON=N1. The van der Waals surface area contributed by atoms with E-state index in [9.17, 15) is 9.59 Å². The number of amides is 1. The van der Waals surface area contributed by atoms with Crippen LogP contribution in [0.5, 0.6) is 0 Å². The van der Waals surface area contributed by atoms with Crippen molar-refractivity contribution in [3.8, 4) is 0 Å². The van der Waals surface area contributed by atoms with E-state index in [0.29, 0.717) is 0 Å². The van der Waals surface area contributed by atoms with Crippen LogP contribution in [-0.2, 0) is 14.4 Å². The van der Waals surface area contributed by atoms with E-state index in [1.54, 1.807) is 0 Å². The van der Waals surface area contributed by atoms with Crippen LogP contribution >= 0.6 is 0 Å². The van der Waals surface area contributed by atoms with Gasteiger partial charge < -0.3 is 0 Å². The molecular weight excluding hydrogens is 112 g/mol. The van der Waals surface area contributed by atoms with Crippen LogP contribution in [0.1, 0.15) is 6.42 Å². The first-order valence-electron chi connectivity index (χ1n) is 1.93. The minimum Gasteiger partial charge on any atom is -0.299 e. The second-order valence-electron chi connectivity index (χ2n) is 1.22. The van der Waals surface area contributed by atoms with Crippen molar-refractivity contribution >= 4 is 11.9 Å². The van der Waals surface area contributed by atoms with E-state index in [1.165, 1.54) is 0 Å². The Morgan fingerprint density at radius 1 is 1.50 bits per heavy atom. The van der Waals surface area contributed by atoms with Crippen LogP contribution < -0.4 is 0 Å². The summed E-state index contributed by atoms with van der Waals surface area (Å²) >= 11 is 0. The zero-order valence-corrected chi connectivity index (χ0v) is 3.83. The molecule has 0 saturated carbocycles. The largest absolute Gasteiger partial charge is 0.346 e. The predicted molar refractivity (Wildman–Crippen MR) is 20.6 cm³/mol. The third-order valence-electron chi connectivity index (χ3n) is 0.591. The maximum atomic E-state index is 10.1. The Hall–Kier alpha value is -1.26. The van der Waals surface area contributed by atoms with Gasteiger partial charge in [0.1, 0.15) is 6.42 Å². The molecule has 0 aromatic rings. The summed E-state index contributed by atoms with van der Waals surface area (Å²) in [5.41, 5.74) is 0. The first kappa shape index (κ1) is 4.89. The summed E-state index contributed by atoms with van der Waals surface area (Å²) in [6.07, 6.45) is -0.288. The molecule has 0 aromatic carbocycles. The van der Waals surface area contributed by atoms with E-state index in [4.69, 9.17) is 0 Å². The standard InChI is InChI=1S/C3H2N2O3/c6-2-1-3(7)8-5-4-2/h1H2. The minimum absolute atomic E-state index is 0.288. The molecule has 1 rings (SSSR count). The van der Waals surface area contributed by atoms with Gasteiger partial charge in [-0.25, -0.2) is 4.79 Å². The molecule has 0 spiro atoms. The Bertz CT molecular complexity index is 162. The number of carbonyl (C=O) groups is 2. The second kappa shape index (κ2) is 1.69. The van der Waals surface area contributed by atoms with Gasteiger partial charge in [0.2, 0.25) is 0 Å². The van der Waals surface area contributed by atoms with E-state index in [0.717, 1.165) is 0 Å². The van der Waals surface area contributed by atoms with Crippen LogP contribution in [0.4, 0.5) is 0 Å². The lowest BCUT2D eigenvalue weighted by atomic mass is 10.4. The monoisotopic (exact) mass is 114 g/mol. The van der Waals surface area contributed by atoms with Crippen LogP contribution in [0.15, 0.2) is 10.4 Å². The van der Waals surface area contributed by atoms with Gasteiger partial charge in [-0.05, 0) is 0 Å². The highest BCUT2D eigenvalue weighted by molar-refractivity contribution is 5.95. The molecule has 1 amide bonds. The van der Waals surface area contributed by atoms with Crippen LogP contribution in [0.25, 0.3) is 0 Å². The topological polar surface area (TPSA) is 68.1 Å². The van der Waals surface area contributed by atoms with Crippen molar-refractivity contribution < 1.29 is 14.4 Å². The minimum atomic E-state index is -0.648. The van der Waals surface area contributed by atoms with Gasteiger partial charge in [-0.1, -0.05) is 5.11 Å². The van der Waals surface area contributed by atoms with Gasteiger partial charge in [0.15, 0.2) is 0 Å². The lowest BCUT2D eigenvalue weighted by molar-refractivity contribution is -0.150. The summed E-state index contributed by atoms with van der Waals surface area (Å²) in [7, 11) is 0. The number of carbonyl (C=O) groups excluding carboxylic acids is 2. The molecule has 1 heterocycles. The molecule has 5 nitrogen and oxygen atoms in total. The maximum Gasteiger partial charge on any atom is 0.346 e. The average Bonchev–Trinajstić information content (AvgIpc) is 1.64. The molecule has 0 N–H and O–H groups in total. The van der Waals surface area contributed by atoms with Crippen molar-refractivity contribution in [2.24, 2.45) is 10.4 Å². The zero-order chi connectivity index (χ0) is 5.98. The highest BCUT2D eigenvalue weighted by Crippen LogP contribution is 1.97. The Labute approximate surface area is 44.3 Å². The van der Waals surface area contributed by atoms with Crippen molar-refractivity contribution in [2.45, 2.75) is 6.42 Å². The van der Waals surface area contributed by atoms with Crippen molar-refractivity contribution in [3.63, 3.8) is 0 Å². The highest BCUT2D eigenvalue weighted by Gasteiger charge is 2.14. The molecule has 42 valence electrons. The number of hydrogen-bond donors (Lipinski definition) is 0. The third kappa shape index (κ3) is 0.868. The van der Waals surface area contributed by atoms with Crippen molar-refractivity contribution in [2.75, 3.05) is 0 Å². The molecule has 5 heteroatoms. The quantitative estimate of drug-likeness (QED) is 0.410. The van der Waals surface area contributed by atoms with Crippen LogP contribution in [0, 0.1) is 0 Å². The van der Waals surface area contributed by atoms with E-state index >= 15 is 0 Å². The van der Waals surface area contributed by atoms with Gasteiger partial charge in [0.05, 0.1) is 0 Å². The molecular formula is C3H2N2O3. The third-order valence-corrected chi connectivity index (χ3v) is 0.591. The Morgan fingerprint density at radius 3 is 2.62 bits per heavy atom. The summed E-state index contributed by atoms with van der Waals surface area (Å²) in [5, 5.41) is 5.69. The first-order valence-corrected chi connectivity index (χ1v) is 1.93. The molecule has 1 aliphatic rings. The van der Waals surface area contributed by atoms with Crippen LogP contribution in [-0.4, -0.2) is 11.9 Å².